The second-order valence-electron chi connectivity index (χ2n) is 6.95. The SMILES string of the molecule is COc1ccc(CN2CCC(Nc3nc(-c4ccccc4)ns3)CC2)cc1F. The summed E-state index contributed by atoms with van der Waals surface area (Å²) in [5.74, 6) is 0.757. The van der Waals surface area contributed by atoms with Crippen LogP contribution >= 0.6 is 11.5 Å². The lowest BCUT2D eigenvalue weighted by atomic mass is 10.0. The Labute approximate surface area is 168 Å². The van der Waals surface area contributed by atoms with E-state index in [1.165, 1.54) is 18.6 Å². The van der Waals surface area contributed by atoms with E-state index in [4.69, 9.17) is 4.74 Å². The van der Waals surface area contributed by atoms with Crippen molar-refractivity contribution in [3.63, 3.8) is 0 Å². The Morgan fingerprint density at radius 3 is 2.68 bits per heavy atom. The van der Waals surface area contributed by atoms with E-state index in [1.54, 1.807) is 12.1 Å². The molecule has 0 saturated carbocycles. The van der Waals surface area contributed by atoms with Crippen molar-refractivity contribution in [3.05, 3.63) is 59.9 Å². The molecule has 28 heavy (non-hydrogen) atoms. The molecule has 3 aromatic rings. The zero-order valence-corrected chi connectivity index (χ0v) is 16.6. The summed E-state index contributed by atoms with van der Waals surface area (Å²) in [7, 11) is 1.48. The quantitative estimate of drug-likeness (QED) is 0.666. The summed E-state index contributed by atoms with van der Waals surface area (Å²) in [5.41, 5.74) is 2.01. The van der Waals surface area contributed by atoms with Crippen LogP contribution < -0.4 is 10.1 Å². The Balaban J connectivity index is 1.29. The van der Waals surface area contributed by atoms with Crippen molar-refractivity contribution in [2.24, 2.45) is 0 Å². The van der Waals surface area contributed by atoms with E-state index in [0.717, 1.165) is 54.6 Å². The molecule has 0 spiro atoms. The van der Waals surface area contributed by atoms with Crippen LogP contribution in [0.3, 0.4) is 0 Å². The van der Waals surface area contributed by atoms with Crippen LogP contribution in [0.5, 0.6) is 5.75 Å². The monoisotopic (exact) mass is 398 g/mol. The van der Waals surface area contributed by atoms with E-state index in [0.29, 0.717) is 11.8 Å². The van der Waals surface area contributed by atoms with E-state index in [-0.39, 0.29) is 5.82 Å². The molecule has 4 rings (SSSR count). The van der Waals surface area contributed by atoms with Gasteiger partial charge in [0.05, 0.1) is 7.11 Å². The van der Waals surface area contributed by atoms with Gasteiger partial charge in [-0.15, -0.1) is 0 Å². The average molecular weight is 399 g/mol. The maximum atomic E-state index is 13.9. The smallest absolute Gasteiger partial charge is 0.203 e. The first-order valence-corrected chi connectivity index (χ1v) is 10.2. The fourth-order valence-electron chi connectivity index (χ4n) is 3.46. The lowest BCUT2D eigenvalue weighted by Crippen LogP contribution is -2.38. The number of rotatable bonds is 6. The molecule has 1 aliphatic heterocycles. The van der Waals surface area contributed by atoms with Crippen molar-refractivity contribution in [2.45, 2.75) is 25.4 Å². The first-order valence-electron chi connectivity index (χ1n) is 9.41. The van der Waals surface area contributed by atoms with Gasteiger partial charge in [-0.05, 0) is 30.5 Å². The zero-order chi connectivity index (χ0) is 19.3. The van der Waals surface area contributed by atoms with Crippen molar-refractivity contribution in [3.8, 4) is 17.1 Å². The predicted octanol–water partition coefficient (Wildman–Crippen LogP) is 4.43. The minimum atomic E-state index is -0.304. The fraction of sp³-hybridized carbons (Fsp3) is 0.333. The van der Waals surface area contributed by atoms with Crippen LogP contribution in [0.15, 0.2) is 48.5 Å². The number of benzene rings is 2. The molecule has 1 aliphatic rings. The number of nitrogens with zero attached hydrogens (tertiary/aromatic N) is 3. The van der Waals surface area contributed by atoms with Crippen LogP contribution in [0.2, 0.25) is 0 Å². The second kappa shape index (κ2) is 8.67. The van der Waals surface area contributed by atoms with Gasteiger partial charge in [0.25, 0.3) is 0 Å². The van der Waals surface area contributed by atoms with Gasteiger partial charge in [-0.3, -0.25) is 4.90 Å². The van der Waals surface area contributed by atoms with E-state index >= 15 is 0 Å². The molecule has 1 aromatic heterocycles. The number of aromatic nitrogens is 2. The van der Waals surface area contributed by atoms with E-state index < -0.39 is 0 Å². The second-order valence-corrected chi connectivity index (χ2v) is 7.70. The molecule has 0 bridgehead atoms. The van der Waals surface area contributed by atoms with E-state index in [9.17, 15) is 4.39 Å². The maximum absolute atomic E-state index is 13.9. The number of likely N-dealkylation sites (tertiary alicyclic amines) is 1. The normalized spacial score (nSPS) is 15.5. The summed E-state index contributed by atoms with van der Waals surface area (Å²) >= 11 is 1.41. The number of ether oxygens (including phenoxy) is 1. The summed E-state index contributed by atoms with van der Waals surface area (Å²) in [6.45, 7) is 2.69. The molecule has 5 nitrogen and oxygen atoms in total. The van der Waals surface area contributed by atoms with Crippen molar-refractivity contribution >= 4 is 16.7 Å². The summed E-state index contributed by atoms with van der Waals surface area (Å²) in [5, 5.41) is 4.39. The molecular weight excluding hydrogens is 375 g/mol. The Hall–Kier alpha value is -2.51. The zero-order valence-electron chi connectivity index (χ0n) is 15.8. The van der Waals surface area contributed by atoms with Crippen molar-refractivity contribution in [1.29, 1.82) is 0 Å². The summed E-state index contributed by atoms with van der Waals surface area (Å²) in [6, 6.07) is 15.6. The molecule has 146 valence electrons. The van der Waals surface area contributed by atoms with E-state index in [2.05, 4.69) is 19.6 Å². The molecule has 0 radical (unpaired) electrons. The largest absolute Gasteiger partial charge is 0.494 e. The number of methoxy groups -OCH3 is 1. The molecule has 0 amide bonds. The fourth-order valence-corrected chi connectivity index (χ4v) is 4.13. The van der Waals surface area contributed by atoms with Gasteiger partial charge in [0.15, 0.2) is 17.4 Å². The Bertz CT molecular complexity index is 910. The van der Waals surface area contributed by atoms with Crippen LogP contribution in [-0.4, -0.2) is 40.5 Å². The van der Waals surface area contributed by atoms with Crippen LogP contribution in [0.1, 0.15) is 18.4 Å². The number of halogens is 1. The first kappa shape index (κ1) is 18.8. The molecule has 0 atom stereocenters. The van der Waals surface area contributed by atoms with Gasteiger partial charge in [0, 0.05) is 42.8 Å². The number of piperidine rings is 1. The minimum absolute atomic E-state index is 0.290. The maximum Gasteiger partial charge on any atom is 0.203 e. The molecule has 1 fully saturated rings. The Kier molecular flexibility index (Phi) is 5.83. The highest BCUT2D eigenvalue weighted by molar-refractivity contribution is 7.09. The van der Waals surface area contributed by atoms with Gasteiger partial charge >= 0.3 is 0 Å². The summed E-state index contributed by atoms with van der Waals surface area (Å²) < 4.78 is 23.3. The van der Waals surface area contributed by atoms with Gasteiger partial charge in [-0.2, -0.15) is 9.36 Å². The number of hydrogen-bond acceptors (Lipinski definition) is 6. The number of anilines is 1. The van der Waals surface area contributed by atoms with Crippen LogP contribution in [0, 0.1) is 5.82 Å². The number of nitrogens with one attached hydrogen (secondary N) is 1. The van der Waals surface area contributed by atoms with Crippen LogP contribution in [-0.2, 0) is 6.54 Å². The summed E-state index contributed by atoms with van der Waals surface area (Å²) in [4.78, 5) is 6.97. The topological polar surface area (TPSA) is 50.3 Å². The lowest BCUT2D eigenvalue weighted by Gasteiger charge is -2.32. The van der Waals surface area contributed by atoms with Crippen molar-refractivity contribution in [1.82, 2.24) is 14.3 Å². The van der Waals surface area contributed by atoms with E-state index in [1.807, 2.05) is 36.4 Å². The van der Waals surface area contributed by atoms with Crippen LogP contribution in [0.4, 0.5) is 9.52 Å². The third kappa shape index (κ3) is 4.48. The van der Waals surface area contributed by atoms with Gasteiger partial charge in [-0.25, -0.2) is 4.39 Å². The highest BCUT2D eigenvalue weighted by Gasteiger charge is 2.20. The molecule has 2 heterocycles. The Morgan fingerprint density at radius 1 is 1.18 bits per heavy atom. The van der Waals surface area contributed by atoms with Gasteiger partial charge in [0.2, 0.25) is 5.13 Å². The van der Waals surface area contributed by atoms with Crippen LogP contribution in [0.25, 0.3) is 11.4 Å². The first-order chi connectivity index (χ1) is 13.7. The molecule has 0 unspecified atom stereocenters. The third-order valence-electron chi connectivity index (χ3n) is 5.00. The number of hydrogen-bond donors (Lipinski definition) is 1. The minimum Gasteiger partial charge on any atom is -0.494 e. The average Bonchev–Trinajstić information content (AvgIpc) is 3.19. The molecule has 0 aliphatic carbocycles. The standard InChI is InChI=1S/C21H23FN4OS/c1-27-19-8-7-15(13-18(19)22)14-26-11-9-17(10-12-26)23-21-24-20(25-28-21)16-5-3-2-4-6-16/h2-8,13,17H,9-12,14H2,1H3,(H,23,24,25). The Morgan fingerprint density at radius 2 is 1.96 bits per heavy atom. The van der Waals surface area contributed by atoms with Crippen molar-refractivity contribution < 1.29 is 9.13 Å². The predicted molar refractivity (Wildman–Crippen MR) is 110 cm³/mol. The highest BCUT2D eigenvalue weighted by Crippen LogP contribution is 2.24. The summed E-state index contributed by atoms with van der Waals surface area (Å²) in [6.07, 6.45) is 2.05. The molecule has 7 heteroatoms. The molecule has 2 aromatic carbocycles. The van der Waals surface area contributed by atoms with Gasteiger partial charge in [-0.1, -0.05) is 36.4 Å². The molecule has 1 N–H and O–H groups in total. The highest BCUT2D eigenvalue weighted by atomic mass is 32.1. The van der Waals surface area contributed by atoms with Crippen molar-refractivity contribution in [2.75, 3.05) is 25.5 Å². The molecule has 1 saturated heterocycles. The van der Waals surface area contributed by atoms with Gasteiger partial charge < -0.3 is 10.1 Å². The van der Waals surface area contributed by atoms with Gasteiger partial charge in [0.1, 0.15) is 0 Å². The lowest BCUT2D eigenvalue weighted by molar-refractivity contribution is 0.211. The molecular formula is C21H23FN4OS. The third-order valence-corrected chi connectivity index (χ3v) is 5.64.